The van der Waals surface area contributed by atoms with E-state index in [1.54, 1.807) is 0 Å². The Labute approximate surface area is 174 Å². The first-order chi connectivity index (χ1) is 14.1. The van der Waals surface area contributed by atoms with Crippen LogP contribution < -0.4 is 10.6 Å². The molecule has 0 spiro atoms. The van der Waals surface area contributed by atoms with Crippen LogP contribution >= 0.6 is 11.3 Å². The molecule has 2 N–H and O–H groups in total. The van der Waals surface area contributed by atoms with Gasteiger partial charge < -0.3 is 10.6 Å². The molecule has 6 heteroatoms. The maximum Gasteiger partial charge on any atom is 0.162 e. The van der Waals surface area contributed by atoms with Crippen molar-refractivity contribution >= 4 is 44.3 Å². The number of rotatable bonds is 7. The minimum Gasteiger partial charge on any atom is -0.382 e. The summed E-state index contributed by atoms with van der Waals surface area (Å²) in [4.78, 5) is 21.8. The lowest BCUT2D eigenvalue weighted by molar-refractivity contribution is 0.112. The van der Waals surface area contributed by atoms with Gasteiger partial charge in [-0.05, 0) is 56.8 Å². The summed E-state index contributed by atoms with van der Waals surface area (Å²) in [6.07, 6.45) is 3.74. The van der Waals surface area contributed by atoms with Gasteiger partial charge in [0.1, 0.15) is 0 Å². The fourth-order valence-corrected chi connectivity index (χ4v) is 4.39. The lowest BCUT2D eigenvalue weighted by Gasteiger charge is -2.13. The minimum absolute atomic E-state index is 0.294. The maximum absolute atomic E-state index is 11.7. The van der Waals surface area contributed by atoms with Crippen LogP contribution in [0.4, 0.5) is 5.69 Å². The van der Waals surface area contributed by atoms with Gasteiger partial charge in [0, 0.05) is 45.5 Å². The zero-order valence-electron chi connectivity index (χ0n) is 16.8. The molecule has 3 heterocycles. The van der Waals surface area contributed by atoms with E-state index in [1.165, 1.54) is 11.3 Å². The Balaban J connectivity index is 1.81. The largest absolute Gasteiger partial charge is 0.382 e. The standard InChI is InChI=1S/C23H24N4OS/c1-4-16-6-5-15(12-25-16)18-8-7-17-19(27-18)9-10-20-22(17)23(21(13-28)29-20)26-11-14(2)24-3/h5-10,12-14,24,26H,4,11H2,1-3H3/t14-/m1/s1. The molecule has 0 unspecified atom stereocenters. The van der Waals surface area contributed by atoms with Gasteiger partial charge >= 0.3 is 0 Å². The second kappa shape index (κ2) is 8.27. The van der Waals surface area contributed by atoms with Gasteiger partial charge in [-0.3, -0.25) is 9.78 Å². The van der Waals surface area contributed by atoms with Crippen LogP contribution in [0, 0.1) is 0 Å². The van der Waals surface area contributed by atoms with Crippen LogP contribution in [0.2, 0.25) is 0 Å². The molecule has 1 aromatic carbocycles. The summed E-state index contributed by atoms with van der Waals surface area (Å²) in [5, 5.41) is 8.80. The van der Waals surface area contributed by atoms with Gasteiger partial charge in [-0.25, -0.2) is 4.98 Å². The number of carbonyl (C=O) groups excluding carboxylic acids is 1. The summed E-state index contributed by atoms with van der Waals surface area (Å²) in [5.74, 6) is 0. The molecule has 4 rings (SSSR count). The molecular weight excluding hydrogens is 380 g/mol. The van der Waals surface area contributed by atoms with E-state index in [9.17, 15) is 4.79 Å². The molecule has 3 aromatic heterocycles. The van der Waals surface area contributed by atoms with E-state index in [-0.39, 0.29) is 0 Å². The zero-order valence-corrected chi connectivity index (χ0v) is 17.6. The fourth-order valence-electron chi connectivity index (χ4n) is 3.38. The number of benzene rings is 1. The number of carbonyl (C=O) groups is 1. The van der Waals surface area contributed by atoms with Gasteiger partial charge in [-0.2, -0.15) is 0 Å². The minimum atomic E-state index is 0.294. The maximum atomic E-state index is 11.7. The highest BCUT2D eigenvalue weighted by Gasteiger charge is 2.16. The second-order valence-electron chi connectivity index (χ2n) is 7.12. The van der Waals surface area contributed by atoms with E-state index in [1.807, 2.05) is 31.4 Å². The molecular formula is C23H24N4OS. The fraction of sp³-hybridized carbons (Fsp3) is 0.261. The summed E-state index contributed by atoms with van der Waals surface area (Å²) in [7, 11) is 1.93. The van der Waals surface area contributed by atoms with Gasteiger partial charge in [0.25, 0.3) is 0 Å². The summed E-state index contributed by atoms with van der Waals surface area (Å²) in [6.45, 7) is 4.94. The normalized spacial score (nSPS) is 12.4. The van der Waals surface area contributed by atoms with Crippen molar-refractivity contribution in [1.82, 2.24) is 15.3 Å². The number of likely N-dealkylation sites (N-methyl/N-ethyl adjacent to an activating group) is 1. The first-order valence-corrected chi connectivity index (χ1v) is 10.6. The highest BCUT2D eigenvalue weighted by atomic mass is 32.1. The number of aryl methyl sites for hydroxylation is 1. The van der Waals surface area contributed by atoms with Crippen molar-refractivity contribution in [3.63, 3.8) is 0 Å². The first kappa shape index (κ1) is 19.5. The molecule has 1 atom stereocenters. The topological polar surface area (TPSA) is 66.9 Å². The Morgan fingerprint density at radius 2 is 2.03 bits per heavy atom. The third-order valence-corrected chi connectivity index (χ3v) is 6.30. The molecule has 0 fully saturated rings. The summed E-state index contributed by atoms with van der Waals surface area (Å²) in [5.41, 5.74) is 4.79. The van der Waals surface area contributed by atoms with Gasteiger partial charge in [-0.15, -0.1) is 11.3 Å². The Hall–Kier alpha value is -2.83. The number of thiophene rings is 1. The van der Waals surface area contributed by atoms with Crippen molar-refractivity contribution in [2.45, 2.75) is 26.3 Å². The average molecular weight is 405 g/mol. The van der Waals surface area contributed by atoms with Gasteiger partial charge in [-0.1, -0.05) is 6.92 Å². The molecule has 0 aliphatic heterocycles. The number of aromatic nitrogens is 2. The SMILES string of the molecule is CCc1ccc(-c2ccc3c(ccc4sc(C=O)c(NC[C@@H](C)NC)c43)n2)cn1. The van der Waals surface area contributed by atoms with Crippen LogP contribution in [0.25, 0.3) is 32.2 Å². The number of nitrogens with one attached hydrogen (secondary N) is 2. The first-order valence-electron chi connectivity index (χ1n) is 9.82. The number of pyridine rings is 2. The zero-order chi connectivity index (χ0) is 20.4. The van der Waals surface area contributed by atoms with Crippen molar-refractivity contribution in [2.24, 2.45) is 0 Å². The number of anilines is 1. The molecule has 0 saturated carbocycles. The van der Waals surface area contributed by atoms with E-state index in [0.717, 1.165) is 67.8 Å². The molecule has 29 heavy (non-hydrogen) atoms. The van der Waals surface area contributed by atoms with Crippen LogP contribution in [0.1, 0.15) is 29.2 Å². The summed E-state index contributed by atoms with van der Waals surface area (Å²) < 4.78 is 1.09. The predicted molar refractivity (Wildman–Crippen MR) is 122 cm³/mol. The van der Waals surface area contributed by atoms with Crippen LogP contribution in [0.3, 0.4) is 0 Å². The third kappa shape index (κ3) is 3.73. The highest BCUT2D eigenvalue weighted by Crippen LogP contribution is 2.39. The number of aldehydes is 1. The van der Waals surface area contributed by atoms with E-state index in [2.05, 4.69) is 47.7 Å². The second-order valence-corrected chi connectivity index (χ2v) is 8.21. The van der Waals surface area contributed by atoms with Crippen LogP contribution in [-0.2, 0) is 6.42 Å². The Bertz CT molecular complexity index is 1170. The molecule has 0 radical (unpaired) electrons. The lowest BCUT2D eigenvalue weighted by Crippen LogP contribution is -2.29. The molecule has 0 aliphatic carbocycles. The summed E-state index contributed by atoms with van der Waals surface area (Å²) in [6, 6.07) is 12.6. The third-order valence-electron chi connectivity index (χ3n) is 5.22. The molecule has 0 aliphatic rings. The molecule has 0 saturated heterocycles. The van der Waals surface area contributed by atoms with Crippen LogP contribution in [-0.4, -0.2) is 35.9 Å². The summed E-state index contributed by atoms with van der Waals surface area (Å²) >= 11 is 1.51. The number of hydrogen-bond donors (Lipinski definition) is 2. The molecule has 5 nitrogen and oxygen atoms in total. The van der Waals surface area contributed by atoms with Crippen molar-refractivity contribution in [2.75, 3.05) is 18.9 Å². The van der Waals surface area contributed by atoms with Crippen molar-refractivity contribution < 1.29 is 4.79 Å². The Morgan fingerprint density at radius 3 is 2.72 bits per heavy atom. The number of fused-ring (bicyclic) bond motifs is 3. The number of hydrogen-bond acceptors (Lipinski definition) is 6. The van der Waals surface area contributed by atoms with E-state index < -0.39 is 0 Å². The predicted octanol–water partition coefficient (Wildman–Crippen LogP) is 4.91. The lowest BCUT2D eigenvalue weighted by atomic mass is 10.1. The van der Waals surface area contributed by atoms with Crippen molar-refractivity contribution in [1.29, 1.82) is 0 Å². The highest BCUT2D eigenvalue weighted by molar-refractivity contribution is 7.21. The Kier molecular flexibility index (Phi) is 5.56. The van der Waals surface area contributed by atoms with Gasteiger partial charge in [0.15, 0.2) is 6.29 Å². The van der Waals surface area contributed by atoms with E-state index in [0.29, 0.717) is 6.04 Å². The van der Waals surface area contributed by atoms with E-state index >= 15 is 0 Å². The smallest absolute Gasteiger partial charge is 0.162 e. The van der Waals surface area contributed by atoms with E-state index in [4.69, 9.17) is 4.98 Å². The molecule has 4 aromatic rings. The van der Waals surface area contributed by atoms with Crippen molar-refractivity contribution in [3.8, 4) is 11.3 Å². The number of nitrogens with zero attached hydrogens (tertiary/aromatic N) is 2. The quantitative estimate of drug-likeness (QED) is 0.429. The monoisotopic (exact) mass is 404 g/mol. The van der Waals surface area contributed by atoms with Crippen LogP contribution in [0.15, 0.2) is 42.6 Å². The van der Waals surface area contributed by atoms with Crippen LogP contribution in [0.5, 0.6) is 0 Å². The molecule has 0 amide bonds. The van der Waals surface area contributed by atoms with Crippen molar-refractivity contribution in [3.05, 3.63) is 53.2 Å². The Morgan fingerprint density at radius 1 is 1.17 bits per heavy atom. The average Bonchev–Trinajstić information content (AvgIpc) is 3.15. The molecule has 0 bridgehead atoms. The molecule has 148 valence electrons. The van der Waals surface area contributed by atoms with Gasteiger partial charge in [0.2, 0.25) is 0 Å². The van der Waals surface area contributed by atoms with Gasteiger partial charge in [0.05, 0.1) is 21.8 Å².